The summed E-state index contributed by atoms with van der Waals surface area (Å²) >= 11 is 13.8. The van der Waals surface area contributed by atoms with Gasteiger partial charge in [0.05, 0.1) is 35.4 Å². The Morgan fingerprint density at radius 2 is 2.17 bits per heavy atom. The van der Waals surface area contributed by atoms with Gasteiger partial charge in [-0.3, -0.25) is 9.89 Å². The Hall–Kier alpha value is -2.70. The molecule has 10 nitrogen and oxygen atoms in total. The van der Waals surface area contributed by atoms with Gasteiger partial charge in [-0.2, -0.15) is 0 Å². The van der Waals surface area contributed by atoms with E-state index in [0.29, 0.717) is 45.3 Å². The number of rotatable bonds is 7. The lowest BCUT2D eigenvalue weighted by Gasteiger charge is -2.36. The highest BCUT2D eigenvalue weighted by Crippen LogP contribution is 2.36. The number of nitrogens with one attached hydrogen (secondary N) is 1. The molecule has 13 heteroatoms. The van der Waals surface area contributed by atoms with Crippen molar-refractivity contribution >= 4 is 52.5 Å². The normalized spacial score (nSPS) is 20.7. The molecule has 2 aliphatic rings. The van der Waals surface area contributed by atoms with Gasteiger partial charge in [-0.25, -0.2) is 14.6 Å². The van der Waals surface area contributed by atoms with Gasteiger partial charge in [0, 0.05) is 30.4 Å². The molecule has 0 saturated carbocycles. The lowest BCUT2D eigenvalue weighted by molar-refractivity contribution is -0.139. The lowest BCUT2D eigenvalue weighted by atomic mass is 9.95. The van der Waals surface area contributed by atoms with Gasteiger partial charge < -0.3 is 24.6 Å². The van der Waals surface area contributed by atoms with Crippen molar-refractivity contribution in [2.45, 2.75) is 19.2 Å². The number of nitrogens with zero attached hydrogens (tertiary/aromatic N) is 3. The van der Waals surface area contributed by atoms with Crippen LogP contribution in [-0.2, 0) is 19.0 Å². The quantitative estimate of drug-likeness (QED) is 0.505. The van der Waals surface area contributed by atoms with Gasteiger partial charge in [-0.15, -0.1) is 11.3 Å². The molecule has 3 heterocycles. The number of thiazole rings is 1. The summed E-state index contributed by atoms with van der Waals surface area (Å²) in [6, 6.07) is 4.28. The van der Waals surface area contributed by atoms with E-state index in [2.05, 4.69) is 10.3 Å². The molecule has 2 aromatic rings. The Morgan fingerprint density at radius 1 is 1.34 bits per heavy atom. The van der Waals surface area contributed by atoms with Gasteiger partial charge in [0.1, 0.15) is 6.04 Å². The van der Waals surface area contributed by atoms with Gasteiger partial charge in [0.2, 0.25) is 0 Å². The largest absolute Gasteiger partial charge is 0.507 e. The first kappa shape index (κ1) is 25.4. The molecule has 1 aromatic carbocycles. The SMILES string of the molecule is CCOC(=O)C1=C(CN2CCOC[C@@H]2OC(=O)O)NC(c2nccs2)=N[C@H]1c1ccc(Cl)c(Cl)c1. The smallest absolute Gasteiger partial charge is 0.463 e. The van der Waals surface area contributed by atoms with Crippen LogP contribution in [0.5, 0.6) is 0 Å². The van der Waals surface area contributed by atoms with Crippen molar-refractivity contribution in [1.29, 1.82) is 0 Å². The first-order chi connectivity index (χ1) is 16.9. The minimum Gasteiger partial charge on any atom is -0.463 e. The van der Waals surface area contributed by atoms with Crippen molar-refractivity contribution in [1.82, 2.24) is 15.2 Å². The summed E-state index contributed by atoms with van der Waals surface area (Å²) in [5.41, 5.74) is 1.39. The molecule has 0 amide bonds. The lowest BCUT2D eigenvalue weighted by Crippen LogP contribution is -2.50. The standard InChI is InChI=1S/C22H22Cl2N4O6S/c1-2-33-21(29)17-15(10-28-6-7-32-11-16(28)34-22(30)31)26-19(20-25-5-8-35-20)27-18(17)12-3-4-13(23)14(24)9-12/h3-5,8-9,16,18H,2,6-7,10-11H2,1H3,(H,26,27)(H,30,31)/t16-,18-/m0/s1. The zero-order valence-corrected chi connectivity index (χ0v) is 20.9. The first-order valence-electron chi connectivity index (χ1n) is 10.7. The Kier molecular flexibility index (Phi) is 8.24. The van der Waals surface area contributed by atoms with Crippen molar-refractivity contribution in [3.63, 3.8) is 0 Å². The fourth-order valence-corrected chi connectivity index (χ4v) is 4.66. The highest BCUT2D eigenvalue weighted by atomic mass is 35.5. The Morgan fingerprint density at radius 3 is 2.86 bits per heavy atom. The third kappa shape index (κ3) is 5.93. The van der Waals surface area contributed by atoms with Crippen LogP contribution in [0.3, 0.4) is 0 Å². The Balaban J connectivity index is 1.80. The van der Waals surface area contributed by atoms with E-state index in [1.54, 1.807) is 36.2 Å². The predicted octanol–water partition coefficient (Wildman–Crippen LogP) is 3.71. The highest BCUT2D eigenvalue weighted by molar-refractivity contribution is 7.11. The number of hydrogen-bond acceptors (Lipinski definition) is 10. The zero-order valence-electron chi connectivity index (χ0n) is 18.6. The molecule has 2 N–H and O–H groups in total. The number of carboxylic acid groups (broad SMARTS) is 1. The summed E-state index contributed by atoms with van der Waals surface area (Å²) in [4.78, 5) is 35.3. The fourth-order valence-electron chi connectivity index (χ4n) is 3.77. The Bertz CT molecular complexity index is 1160. The van der Waals surface area contributed by atoms with E-state index < -0.39 is 24.4 Å². The molecule has 0 spiro atoms. The second-order valence-electron chi connectivity index (χ2n) is 7.51. The number of amidine groups is 1. The number of morpholine rings is 1. The van der Waals surface area contributed by atoms with Crippen molar-refractivity contribution in [3.05, 3.63) is 61.7 Å². The van der Waals surface area contributed by atoms with E-state index in [-0.39, 0.29) is 25.3 Å². The number of carbonyl (C=O) groups excluding carboxylic acids is 1. The summed E-state index contributed by atoms with van der Waals surface area (Å²) in [5, 5.41) is 15.5. The van der Waals surface area contributed by atoms with Crippen LogP contribution in [0.15, 0.2) is 46.0 Å². The van der Waals surface area contributed by atoms with Crippen LogP contribution in [0, 0.1) is 0 Å². The predicted molar refractivity (Wildman–Crippen MR) is 130 cm³/mol. The zero-order chi connectivity index (χ0) is 24.9. The van der Waals surface area contributed by atoms with Crippen LogP contribution in [0.4, 0.5) is 4.79 Å². The maximum absolute atomic E-state index is 13.2. The van der Waals surface area contributed by atoms with E-state index in [1.807, 2.05) is 5.38 Å². The van der Waals surface area contributed by atoms with E-state index in [1.165, 1.54) is 11.3 Å². The molecular formula is C22H22Cl2N4O6S. The van der Waals surface area contributed by atoms with Gasteiger partial charge in [-0.05, 0) is 24.6 Å². The topological polar surface area (TPSA) is 123 Å². The number of aromatic nitrogens is 1. The number of esters is 1. The van der Waals surface area contributed by atoms with Gasteiger partial charge >= 0.3 is 12.1 Å². The summed E-state index contributed by atoms with van der Waals surface area (Å²) in [5.74, 6) is -0.0972. The summed E-state index contributed by atoms with van der Waals surface area (Å²) < 4.78 is 15.8. The molecular weight excluding hydrogens is 519 g/mol. The average molecular weight is 541 g/mol. The molecule has 1 saturated heterocycles. The average Bonchev–Trinajstić information content (AvgIpc) is 3.36. The van der Waals surface area contributed by atoms with Gasteiger partial charge in [0.25, 0.3) is 0 Å². The maximum Gasteiger partial charge on any atom is 0.507 e. The van der Waals surface area contributed by atoms with Gasteiger partial charge in [0.15, 0.2) is 17.1 Å². The molecule has 0 bridgehead atoms. The second-order valence-corrected chi connectivity index (χ2v) is 9.22. The first-order valence-corrected chi connectivity index (χ1v) is 12.3. The Labute approximate surface area is 215 Å². The molecule has 2 aliphatic heterocycles. The maximum atomic E-state index is 13.2. The molecule has 0 unspecified atom stereocenters. The molecule has 2 atom stereocenters. The second kappa shape index (κ2) is 11.4. The van der Waals surface area contributed by atoms with Crippen LogP contribution < -0.4 is 5.32 Å². The van der Waals surface area contributed by atoms with Crippen molar-refractivity contribution in [2.24, 2.45) is 4.99 Å². The van der Waals surface area contributed by atoms with Crippen LogP contribution in [0.25, 0.3) is 0 Å². The van der Waals surface area contributed by atoms with E-state index in [0.717, 1.165) is 0 Å². The molecule has 0 radical (unpaired) electrons. The van der Waals surface area contributed by atoms with Crippen molar-refractivity contribution in [3.8, 4) is 0 Å². The van der Waals surface area contributed by atoms with Crippen LogP contribution >= 0.6 is 34.5 Å². The summed E-state index contributed by atoms with van der Waals surface area (Å²) in [6.45, 7) is 2.86. The molecule has 186 valence electrons. The number of benzene rings is 1. The number of hydrogen-bond donors (Lipinski definition) is 2. The highest BCUT2D eigenvalue weighted by Gasteiger charge is 2.36. The molecule has 35 heavy (non-hydrogen) atoms. The number of carbonyl (C=O) groups is 2. The number of ether oxygens (including phenoxy) is 3. The van der Waals surface area contributed by atoms with E-state index in [9.17, 15) is 9.59 Å². The summed E-state index contributed by atoms with van der Waals surface area (Å²) in [6.07, 6.45) is -0.605. The third-order valence-electron chi connectivity index (χ3n) is 5.30. The molecule has 1 aromatic heterocycles. The van der Waals surface area contributed by atoms with Crippen LogP contribution in [-0.4, -0.2) is 72.1 Å². The van der Waals surface area contributed by atoms with Crippen molar-refractivity contribution in [2.75, 3.05) is 32.9 Å². The fraction of sp³-hybridized carbons (Fsp3) is 0.364. The number of aliphatic imine (C=N–C) groups is 1. The molecule has 0 aliphatic carbocycles. The minimum atomic E-state index is -1.42. The third-order valence-corrected chi connectivity index (χ3v) is 6.82. The van der Waals surface area contributed by atoms with Crippen molar-refractivity contribution < 1.29 is 28.9 Å². The molecule has 4 rings (SSSR count). The minimum absolute atomic E-state index is 0.0674. The summed E-state index contributed by atoms with van der Waals surface area (Å²) in [7, 11) is 0. The van der Waals surface area contributed by atoms with Crippen LogP contribution in [0.2, 0.25) is 10.0 Å². The monoisotopic (exact) mass is 540 g/mol. The van der Waals surface area contributed by atoms with E-state index in [4.69, 9.17) is 47.5 Å². The van der Waals surface area contributed by atoms with E-state index >= 15 is 0 Å². The van der Waals surface area contributed by atoms with Gasteiger partial charge in [-0.1, -0.05) is 29.3 Å². The molecule has 1 fully saturated rings. The number of halogens is 2. The van der Waals surface area contributed by atoms with Crippen LogP contribution in [0.1, 0.15) is 23.5 Å².